The number of carbonyl (C=O) groups is 3. The highest BCUT2D eigenvalue weighted by atomic mass is 28.4. The lowest BCUT2D eigenvalue weighted by Crippen LogP contribution is -2.54. The van der Waals surface area contributed by atoms with Gasteiger partial charge in [0.1, 0.15) is 11.5 Å². The van der Waals surface area contributed by atoms with Crippen molar-refractivity contribution in [2.75, 3.05) is 6.23 Å². The molecule has 0 fully saturated rings. The van der Waals surface area contributed by atoms with Crippen molar-refractivity contribution in [2.45, 2.75) is 53.4 Å². The van der Waals surface area contributed by atoms with Gasteiger partial charge in [-0.1, -0.05) is 6.92 Å². The van der Waals surface area contributed by atoms with E-state index in [2.05, 4.69) is 0 Å². The van der Waals surface area contributed by atoms with E-state index in [1.165, 1.54) is 0 Å². The van der Waals surface area contributed by atoms with E-state index in [9.17, 15) is 14.4 Å². The molecule has 0 radical (unpaired) electrons. The Hall–Kier alpha value is -2.59. The van der Waals surface area contributed by atoms with Gasteiger partial charge in [-0.25, -0.2) is 0 Å². The van der Waals surface area contributed by atoms with Gasteiger partial charge in [0.15, 0.2) is 6.23 Å². The maximum atomic E-state index is 11.5. The molecule has 0 aliphatic carbocycles. The molecular weight excluding hydrogens is 388 g/mol. The second-order valence-corrected chi connectivity index (χ2v) is 8.67. The first-order chi connectivity index (χ1) is 13.1. The monoisotopic (exact) mass is 412 g/mol. The highest BCUT2D eigenvalue weighted by Crippen LogP contribution is 2.35. The number of fused-ring (bicyclic) bond motifs is 1. The summed E-state index contributed by atoms with van der Waals surface area (Å²) in [5.74, 6) is -1.91. The molecule has 1 unspecified atom stereocenters. The Labute approximate surface area is 164 Å². The molecule has 9 nitrogen and oxygen atoms in total. The Morgan fingerprint density at radius 3 is 2.14 bits per heavy atom. The van der Waals surface area contributed by atoms with E-state index in [0.29, 0.717) is 24.5 Å². The highest BCUT2D eigenvalue weighted by molar-refractivity contribution is 6.65. The number of hydrogen-bond donors (Lipinski definition) is 0. The lowest BCUT2D eigenvalue weighted by molar-refractivity contribution is -0.194. The Morgan fingerprint density at radius 2 is 1.64 bits per heavy atom. The van der Waals surface area contributed by atoms with E-state index >= 15 is 0 Å². The molecule has 2 rings (SSSR count). The molecule has 0 N–H and O–H groups in total. The van der Waals surface area contributed by atoms with Gasteiger partial charge >= 0.3 is 8.80 Å². The van der Waals surface area contributed by atoms with Crippen molar-refractivity contribution in [1.82, 2.24) is 0 Å². The van der Waals surface area contributed by atoms with E-state index < -0.39 is 38.7 Å². The zero-order valence-electron chi connectivity index (χ0n) is 16.5. The summed E-state index contributed by atoms with van der Waals surface area (Å²) >= 11 is 0. The van der Waals surface area contributed by atoms with Crippen LogP contribution in [0.3, 0.4) is 0 Å². The van der Waals surface area contributed by atoms with Gasteiger partial charge in [0.2, 0.25) is 5.79 Å². The summed E-state index contributed by atoms with van der Waals surface area (Å²) in [7, 11) is -4.07. The van der Waals surface area contributed by atoms with Crippen molar-refractivity contribution in [3.63, 3.8) is 0 Å². The van der Waals surface area contributed by atoms with E-state index in [0.717, 1.165) is 26.3 Å². The zero-order chi connectivity index (χ0) is 20.9. The molecule has 154 valence electrons. The molecule has 1 atom stereocenters. The van der Waals surface area contributed by atoms with Crippen molar-refractivity contribution in [3.8, 4) is 11.5 Å². The molecule has 1 heterocycles. The third-order valence-corrected chi connectivity index (χ3v) is 6.14. The molecule has 0 spiro atoms. The van der Waals surface area contributed by atoms with Crippen LogP contribution in [-0.2, 0) is 39.0 Å². The minimum Gasteiger partial charge on any atom is -0.485 e. The molecule has 1 aromatic carbocycles. The van der Waals surface area contributed by atoms with Crippen LogP contribution in [0.25, 0.3) is 0 Å². The van der Waals surface area contributed by atoms with Gasteiger partial charge in [-0.15, -0.1) is 0 Å². The fraction of sp³-hybridized carbons (Fsp3) is 0.500. The first kappa shape index (κ1) is 21.7. The summed E-state index contributed by atoms with van der Waals surface area (Å²) in [6.45, 7) is 7.51. The topological polar surface area (TPSA) is 107 Å². The fourth-order valence-corrected chi connectivity index (χ4v) is 4.46. The second kappa shape index (κ2) is 8.61. The smallest absolute Gasteiger partial charge is 0.485 e. The third kappa shape index (κ3) is 5.70. The molecular formula is C18H24O9Si. The van der Waals surface area contributed by atoms with E-state index in [1.54, 1.807) is 18.2 Å². The van der Waals surface area contributed by atoms with Crippen molar-refractivity contribution in [3.05, 3.63) is 23.8 Å². The third-order valence-electron chi connectivity index (χ3n) is 3.85. The molecule has 10 heteroatoms. The summed E-state index contributed by atoms with van der Waals surface area (Å²) in [6, 6.07) is 5.07. The van der Waals surface area contributed by atoms with Crippen molar-refractivity contribution in [1.29, 1.82) is 0 Å². The van der Waals surface area contributed by atoms with Crippen LogP contribution in [-0.4, -0.2) is 38.7 Å². The molecule has 1 aromatic rings. The minimum absolute atomic E-state index is 0.331. The van der Waals surface area contributed by atoms with Gasteiger partial charge in [-0.3, -0.25) is 14.4 Å². The zero-order valence-corrected chi connectivity index (χ0v) is 17.5. The summed E-state index contributed by atoms with van der Waals surface area (Å²) in [5, 5.41) is 0. The molecule has 0 amide bonds. The standard InChI is InChI=1S/C18H24O9Si/c1-6-18(5)23-10-15-9-16(7-8-17(15)24-18)22-11-28(25-12(2)19,26-13(3)20)27-14(4)21/h7-9H,6,10-11H2,1-5H3. The number of benzene rings is 1. The molecule has 0 bridgehead atoms. The van der Waals surface area contributed by atoms with Gasteiger partial charge < -0.3 is 27.5 Å². The normalized spacial score (nSPS) is 18.3. The number of rotatable bonds is 7. The molecule has 28 heavy (non-hydrogen) atoms. The SMILES string of the molecule is CCC1(C)OCc2cc(OC[Si](OC(C)=O)(OC(C)=O)OC(C)=O)ccc2O1. The van der Waals surface area contributed by atoms with Gasteiger partial charge in [0.05, 0.1) is 6.61 Å². The second-order valence-electron chi connectivity index (χ2n) is 6.40. The summed E-state index contributed by atoms with van der Waals surface area (Å²) in [6.07, 6.45) is 0.269. The maximum Gasteiger partial charge on any atom is 0.745 e. The molecule has 0 saturated carbocycles. The Balaban J connectivity index is 2.19. The minimum atomic E-state index is -4.07. The fourth-order valence-electron chi connectivity index (χ4n) is 2.50. The van der Waals surface area contributed by atoms with Crippen LogP contribution in [0.15, 0.2) is 18.2 Å². The number of ether oxygens (including phenoxy) is 3. The number of carbonyl (C=O) groups excluding carboxylic acids is 3. The Bertz CT molecular complexity index is 723. The molecule has 0 aromatic heterocycles. The lowest BCUT2D eigenvalue weighted by atomic mass is 10.1. The van der Waals surface area contributed by atoms with Crippen LogP contribution in [0.2, 0.25) is 0 Å². The van der Waals surface area contributed by atoms with Gasteiger partial charge in [0.25, 0.3) is 17.9 Å². The van der Waals surface area contributed by atoms with E-state index in [-0.39, 0.29) is 0 Å². The average Bonchev–Trinajstić information content (AvgIpc) is 2.58. The summed E-state index contributed by atoms with van der Waals surface area (Å²) in [4.78, 5) is 34.4. The average molecular weight is 412 g/mol. The van der Waals surface area contributed by atoms with E-state index in [4.69, 9.17) is 27.5 Å². The quantitative estimate of drug-likeness (QED) is 0.623. The van der Waals surface area contributed by atoms with E-state index in [1.807, 2.05) is 13.8 Å². The predicted molar refractivity (Wildman–Crippen MR) is 97.1 cm³/mol. The van der Waals surface area contributed by atoms with Gasteiger partial charge in [-0.2, -0.15) is 0 Å². The van der Waals surface area contributed by atoms with Crippen LogP contribution in [0, 0.1) is 0 Å². The predicted octanol–water partition coefficient (Wildman–Crippen LogP) is 2.27. The molecule has 1 aliphatic heterocycles. The largest absolute Gasteiger partial charge is 0.745 e. The Kier molecular flexibility index (Phi) is 6.67. The summed E-state index contributed by atoms with van der Waals surface area (Å²) < 4.78 is 32.4. The van der Waals surface area contributed by atoms with Crippen LogP contribution < -0.4 is 9.47 Å². The first-order valence-electron chi connectivity index (χ1n) is 8.74. The van der Waals surface area contributed by atoms with Crippen molar-refractivity contribution < 1.29 is 41.9 Å². The van der Waals surface area contributed by atoms with Gasteiger partial charge in [0, 0.05) is 39.7 Å². The molecule has 1 aliphatic rings. The first-order valence-corrected chi connectivity index (χ1v) is 10.7. The van der Waals surface area contributed by atoms with Crippen molar-refractivity contribution in [2.24, 2.45) is 0 Å². The van der Waals surface area contributed by atoms with Crippen LogP contribution in [0.1, 0.15) is 46.6 Å². The van der Waals surface area contributed by atoms with Crippen LogP contribution in [0.4, 0.5) is 0 Å². The van der Waals surface area contributed by atoms with Crippen LogP contribution >= 0.6 is 0 Å². The molecule has 0 saturated heterocycles. The maximum absolute atomic E-state index is 11.5. The lowest BCUT2D eigenvalue weighted by Gasteiger charge is -2.35. The number of hydrogen-bond acceptors (Lipinski definition) is 9. The van der Waals surface area contributed by atoms with Crippen LogP contribution in [0.5, 0.6) is 11.5 Å². The highest BCUT2D eigenvalue weighted by Gasteiger charge is 2.53. The Morgan fingerprint density at radius 1 is 1.07 bits per heavy atom. The van der Waals surface area contributed by atoms with Crippen molar-refractivity contribution >= 4 is 26.7 Å². The summed E-state index contributed by atoms with van der Waals surface area (Å²) in [5.41, 5.74) is 0.767. The van der Waals surface area contributed by atoms with Gasteiger partial charge in [-0.05, 0) is 18.2 Å².